The van der Waals surface area contributed by atoms with Crippen molar-refractivity contribution < 1.29 is 19.3 Å². The molecule has 90 valence electrons. The fraction of sp³-hybridized carbons (Fsp3) is 0.818. The maximum atomic E-state index is 9.88. The van der Waals surface area contributed by atoms with E-state index in [1.54, 1.807) is 21.1 Å². The van der Waals surface area contributed by atoms with E-state index < -0.39 is 5.60 Å². The zero-order valence-corrected chi connectivity index (χ0v) is 10.1. The Labute approximate surface area is 91.8 Å². The minimum Gasteiger partial charge on any atom is -0.387 e. The first-order valence-corrected chi connectivity index (χ1v) is 4.91. The van der Waals surface area contributed by atoms with E-state index in [1.807, 2.05) is 6.92 Å². The quantitative estimate of drug-likeness (QED) is 0.493. The van der Waals surface area contributed by atoms with Gasteiger partial charge in [0.2, 0.25) is 0 Å². The van der Waals surface area contributed by atoms with E-state index in [0.29, 0.717) is 13.0 Å². The summed E-state index contributed by atoms with van der Waals surface area (Å²) >= 11 is 0. The van der Waals surface area contributed by atoms with E-state index in [9.17, 15) is 5.11 Å². The van der Waals surface area contributed by atoms with E-state index in [4.69, 9.17) is 14.2 Å². The van der Waals surface area contributed by atoms with Crippen molar-refractivity contribution in [1.29, 1.82) is 0 Å². The fourth-order valence-corrected chi connectivity index (χ4v) is 1.31. The van der Waals surface area contributed by atoms with Crippen LogP contribution in [0.1, 0.15) is 20.3 Å². The Hall–Kier alpha value is -0.420. The van der Waals surface area contributed by atoms with Crippen LogP contribution in [-0.2, 0) is 14.2 Å². The second-order valence-electron chi connectivity index (χ2n) is 4.05. The molecule has 0 aromatic carbocycles. The summed E-state index contributed by atoms with van der Waals surface area (Å²) in [6.07, 6.45) is 0.142. The maximum absolute atomic E-state index is 9.88. The average molecular weight is 218 g/mol. The van der Waals surface area contributed by atoms with Crippen LogP contribution < -0.4 is 0 Å². The van der Waals surface area contributed by atoms with Crippen molar-refractivity contribution in [2.75, 3.05) is 27.4 Å². The molecule has 0 fully saturated rings. The van der Waals surface area contributed by atoms with E-state index >= 15 is 0 Å². The van der Waals surface area contributed by atoms with Crippen LogP contribution >= 0.6 is 0 Å². The summed E-state index contributed by atoms with van der Waals surface area (Å²) in [6.45, 7) is 7.89. The van der Waals surface area contributed by atoms with E-state index in [-0.39, 0.29) is 12.9 Å². The van der Waals surface area contributed by atoms with Gasteiger partial charge in [-0.3, -0.25) is 0 Å². The van der Waals surface area contributed by atoms with E-state index in [0.717, 1.165) is 5.57 Å². The molecule has 0 rings (SSSR count). The molecule has 0 saturated carbocycles. The highest BCUT2D eigenvalue weighted by Gasteiger charge is 2.21. The Morgan fingerprint density at radius 1 is 1.40 bits per heavy atom. The Balaban J connectivity index is 3.78. The molecular weight excluding hydrogens is 196 g/mol. The highest BCUT2D eigenvalue weighted by molar-refractivity contribution is 4.95. The van der Waals surface area contributed by atoms with Gasteiger partial charge in [0.25, 0.3) is 0 Å². The van der Waals surface area contributed by atoms with Gasteiger partial charge in [-0.25, -0.2) is 0 Å². The summed E-state index contributed by atoms with van der Waals surface area (Å²) in [5.74, 6) is 0. The summed E-state index contributed by atoms with van der Waals surface area (Å²) in [5, 5.41) is 9.88. The highest BCUT2D eigenvalue weighted by Crippen LogP contribution is 2.15. The molecule has 1 atom stereocenters. The fourth-order valence-electron chi connectivity index (χ4n) is 1.31. The molecule has 1 N–H and O–H groups in total. The van der Waals surface area contributed by atoms with Crippen molar-refractivity contribution in [1.82, 2.24) is 0 Å². The molecule has 4 heteroatoms. The first kappa shape index (κ1) is 14.6. The summed E-state index contributed by atoms with van der Waals surface area (Å²) in [4.78, 5) is 0. The van der Waals surface area contributed by atoms with Gasteiger partial charge in [-0.15, -0.1) is 6.58 Å². The van der Waals surface area contributed by atoms with Crippen molar-refractivity contribution in [2.24, 2.45) is 0 Å². The largest absolute Gasteiger partial charge is 0.387 e. The lowest BCUT2D eigenvalue weighted by Gasteiger charge is -2.24. The molecule has 0 bridgehead atoms. The van der Waals surface area contributed by atoms with Gasteiger partial charge in [0.05, 0.1) is 18.8 Å². The predicted octanol–water partition coefficient (Wildman–Crippen LogP) is 1.34. The molecule has 1 unspecified atom stereocenters. The highest BCUT2D eigenvalue weighted by atomic mass is 16.7. The third-order valence-corrected chi connectivity index (χ3v) is 1.88. The lowest BCUT2D eigenvalue weighted by Crippen LogP contribution is -2.33. The molecule has 15 heavy (non-hydrogen) atoms. The number of rotatable bonds is 8. The average Bonchev–Trinajstić information content (AvgIpc) is 2.10. The van der Waals surface area contributed by atoms with Gasteiger partial charge < -0.3 is 19.3 Å². The zero-order chi connectivity index (χ0) is 11.9. The van der Waals surface area contributed by atoms with Crippen molar-refractivity contribution in [2.45, 2.75) is 32.2 Å². The summed E-state index contributed by atoms with van der Waals surface area (Å²) in [5.41, 5.74) is 0.0522. The molecule has 0 heterocycles. The molecule has 0 aliphatic rings. The van der Waals surface area contributed by atoms with Crippen LogP contribution in [0.2, 0.25) is 0 Å². The lowest BCUT2D eigenvalue weighted by molar-refractivity contribution is -0.153. The number of hydrogen-bond donors (Lipinski definition) is 1. The van der Waals surface area contributed by atoms with Crippen LogP contribution in [0.3, 0.4) is 0 Å². The van der Waals surface area contributed by atoms with E-state index in [1.165, 1.54) is 0 Å². The molecular formula is C11H22O4. The van der Waals surface area contributed by atoms with Gasteiger partial charge in [-0.1, -0.05) is 5.57 Å². The van der Waals surface area contributed by atoms with Crippen molar-refractivity contribution in [3.05, 3.63) is 12.2 Å². The Morgan fingerprint density at radius 3 is 2.33 bits per heavy atom. The molecule has 0 aliphatic heterocycles. The first-order chi connectivity index (χ1) is 6.91. The molecule has 0 spiro atoms. The van der Waals surface area contributed by atoms with Crippen molar-refractivity contribution in [3.63, 3.8) is 0 Å². The monoisotopic (exact) mass is 218 g/mol. The molecule has 0 aromatic heterocycles. The van der Waals surface area contributed by atoms with Crippen molar-refractivity contribution in [3.8, 4) is 0 Å². The van der Waals surface area contributed by atoms with Gasteiger partial charge in [-0.2, -0.15) is 0 Å². The molecule has 0 amide bonds. The first-order valence-electron chi connectivity index (χ1n) is 4.91. The summed E-state index contributed by atoms with van der Waals surface area (Å²) in [6, 6.07) is 0. The molecule has 0 aliphatic carbocycles. The SMILES string of the molecule is C=C(C)CC(C)(O)COCC(OC)OC. The number of ether oxygens (including phenoxy) is 3. The summed E-state index contributed by atoms with van der Waals surface area (Å²) in [7, 11) is 3.09. The molecule has 0 radical (unpaired) electrons. The normalized spacial score (nSPS) is 15.3. The number of aliphatic hydroxyl groups is 1. The predicted molar refractivity (Wildman–Crippen MR) is 58.7 cm³/mol. The van der Waals surface area contributed by atoms with Gasteiger partial charge in [-0.05, 0) is 20.3 Å². The number of methoxy groups -OCH3 is 2. The van der Waals surface area contributed by atoms with Crippen LogP contribution in [0.25, 0.3) is 0 Å². The third-order valence-electron chi connectivity index (χ3n) is 1.88. The second kappa shape index (κ2) is 6.95. The van der Waals surface area contributed by atoms with Crippen LogP contribution in [0.5, 0.6) is 0 Å². The topological polar surface area (TPSA) is 47.9 Å². The third kappa shape index (κ3) is 7.50. The van der Waals surface area contributed by atoms with Crippen LogP contribution in [0, 0.1) is 0 Å². The molecule has 0 saturated heterocycles. The van der Waals surface area contributed by atoms with E-state index in [2.05, 4.69) is 6.58 Å². The maximum Gasteiger partial charge on any atom is 0.180 e. The van der Waals surface area contributed by atoms with Crippen LogP contribution in [-0.4, -0.2) is 44.4 Å². The minimum atomic E-state index is -0.877. The smallest absolute Gasteiger partial charge is 0.180 e. The second-order valence-corrected chi connectivity index (χ2v) is 4.05. The van der Waals surface area contributed by atoms with Crippen LogP contribution in [0.15, 0.2) is 12.2 Å². The molecule has 0 aromatic rings. The standard InChI is InChI=1S/C11H22O4/c1-9(2)6-11(3,12)8-15-7-10(13-4)14-5/h10,12H,1,6-8H2,2-5H3. The summed E-state index contributed by atoms with van der Waals surface area (Å²) < 4.78 is 15.2. The van der Waals surface area contributed by atoms with Crippen molar-refractivity contribution >= 4 is 0 Å². The minimum absolute atomic E-state index is 0.239. The number of hydrogen-bond acceptors (Lipinski definition) is 4. The van der Waals surface area contributed by atoms with Crippen LogP contribution in [0.4, 0.5) is 0 Å². The zero-order valence-electron chi connectivity index (χ0n) is 10.1. The van der Waals surface area contributed by atoms with Gasteiger partial charge >= 0.3 is 0 Å². The van der Waals surface area contributed by atoms with Gasteiger partial charge in [0.1, 0.15) is 0 Å². The Morgan fingerprint density at radius 2 is 1.93 bits per heavy atom. The molecule has 4 nitrogen and oxygen atoms in total. The Bertz CT molecular complexity index is 185. The Kier molecular flexibility index (Phi) is 6.76. The van der Waals surface area contributed by atoms with Gasteiger partial charge in [0, 0.05) is 14.2 Å². The van der Waals surface area contributed by atoms with Gasteiger partial charge in [0.15, 0.2) is 6.29 Å². The lowest BCUT2D eigenvalue weighted by atomic mass is 9.99.